The normalized spacial score (nSPS) is 11.9. The lowest BCUT2D eigenvalue weighted by Crippen LogP contribution is -2.47. The van der Waals surface area contributed by atoms with Gasteiger partial charge in [-0.3, -0.25) is 4.79 Å². The van der Waals surface area contributed by atoms with Gasteiger partial charge in [0.25, 0.3) is 0 Å². The maximum absolute atomic E-state index is 13.6. The Labute approximate surface area is 217 Å². The Morgan fingerprint density at radius 2 is 1.64 bits per heavy atom. The summed E-state index contributed by atoms with van der Waals surface area (Å²) in [6, 6.07) is 15.6. The van der Waals surface area contributed by atoms with Crippen LogP contribution in [0.5, 0.6) is 0 Å². The highest BCUT2D eigenvalue weighted by Gasteiger charge is 2.26. The molecule has 2 aromatic carbocycles. The highest BCUT2D eigenvalue weighted by Crippen LogP contribution is 2.21. The van der Waals surface area contributed by atoms with Crippen molar-refractivity contribution in [1.82, 2.24) is 9.80 Å². The summed E-state index contributed by atoms with van der Waals surface area (Å²) in [4.78, 5) is 31.3. The first-order valence-corrected chi connectivity index (χ1v) is 13.3. The predicted octanol–water partition coefficient (Wildman–Crippen LogP) is 7.18. The number of carbonyl (C=O) groups excluding carboxylic acids is 2. The molecule has 1 unspecified atom stereocenters. The fourth-order valence-corrected chi connectivity index (χ4v) is 4.74. The Morgan fingerprint density at radius 3 is 2.19 bits per heavy atom. The second-order valence-electron chi connectivity index (χ2n) is 9.50. The number of anilines is 1. The molecule has 0 bridgehead atoms. The molecule has 1 N–H and O–H groups in total. The Kier molecular flexibility index (Phi) is 9.65. The number of halogens is 1. The summed E-state index contributed by atoms with van der Waals surface area (Å²) < 4.78 is 13.4. The lowest BCUT2D eigenvalue weighted by Gasteiger charge is -2.31. The molecule has 0 saturated heterocycles. The standard InChI is InChI=1S/C29H36FN3O2S/c1-6-22(5)33(29(35)31-26-13-9-24(10-14-26)20(2)3)19-28(34)32(18-27-21(4)15-16-36-27)17-23-7-11-25(30)12-8-23/h7-16,20,22H,6,17-19H2,1-5H3,(H,31,35). The lowest BCUT2D eigenvalue weighted by atomic mass is 10.0. The van der Waals surface area contributed by atoms with E-state index in [1.165, 1.54) is 17.7 Å². The minimum Gasteiger partial charge on any atom is -0.332 e. The maximum Gasteiger partial charge on any atom is 0.322 e. The highest BCUT2D eigenvalue weighted by molar-refractivity contribution is 7.10. The third kappa shape index (κ3) is 7.40. The van der Waals surface area contributed by atoms with Crippen LogP contribution in [-0.2, 0) is 17.9 Å². The summed E-state index contributed by atoms with van der Waals surface area (Å²) in [5.41, 5.74) is 3.85. The topological polar surface area (TPSA) is 52.7 Å². The number of urea groups is 1. The zero-order chi connectivity index (χ0) is 26.2. The van der Waals surface area contributed by atoms with Gasteiger partial charge in [0, 0.05) is 23.2 Å². The predicted molar refractivity (Wildman–Crippen MR) is 146 cm³/mol. The van der Waals surface area contributed by atoms with Crippen molar-refractivity contribution in [2.24, 2.45) is 0 Å². The molecule has 1 heterocycles. The molecule has 192 valence electrons. The Morgan fingerprint density at radius 1 is 0.972 bits per heavy atom. The van der Waals surface area contributed by atoms with Gasteiger partial charge in [-0.1, -0.05) is 45.0 Å². The number of aryl methyl sites for hydroxylation is 1. The quantitative estimate of drug-likeness (QED) is 0.315. The number of benzene rings is 2. The van der Waals surface area contributed by atoms with Gasteiger partial charge >= 0.3 is 6.03 Å². The van der Waals surface area contributed by atoms with E-state index in [0.29, 0.717) is 24.7 Å². The van der Waals surface area contributed by atoms with E-state index in [1.807, 2.05) is 56.5 Å². The minimum absolute atomic E-state index is 0.0451. The van der Waals surface area contributed by atoms with Gasteiger partial charge in [-0.15, -0.1) is 11.3 Å². The van der Waals surface area contributed by atoms with Crippen molar-refractivity contribution in [3.05, 3.63) is 87.4 Å². The summed E-state index contributed by atoms with van der Waals surface area (Å²) in [7, 11) is 0. The Bertz CT molecular complexity index is 1140. The van der Waals surface area contributed by atoms with Gasteiger partial charge in [-0.2, -0.15) is 0 Å². The van der Waals surface area contributed by atoms with Crippen LogP contribution in [0.2, 0.25) is 0 Å². The van der Waals surface area contributed by atoms with E-state index >= 15 is 0 Å². The molecule has 0 radical (unpaired) electrons. The van der Waals surface area contributed by atoms with E-state index in [-0.39, 0.29) is 30.3 Å². The molecule has 3 aromatic rings. The number of hydrogen-bond acceptors (Lipinski definition) is 3. The zero-order valence-corrected chi connectivity index (χ0v) is 22.6. The Balaban J connectivity index is 1.78. The van der Waals surface area contributed by atoms with Crippen molar-refractivity contribution in [2.45, 2.75) is 66.1 Å². The molecule has 5 nitrogen and oxygen atoms in total. The molecule has 3 amide bonds. The molecule has 1 atom stereocenters. The second-order valence-corrected chi connectivity index (χ2v) is 10.5. The fourth-order valence-electron chi connectivity index (χ4n) is 3.82. The third-order valence-corrected chi connectivity index (χ3v) is 7.47. The smallest absolute Gasteiger partial charge is 0.322 e. The van der Waals surface area contributed by atoms with Crippen LogP contribution in [-0.4, -0.2) is 34.3 Å². The monoisotopic (exact) mass is 509 g/mol. The summed E-state index contributed by atoms with van der Waals surface area (Å²) in [5.74, 6) is -0.0624. The van der Waals surface area contributed by atoms with Crippen LogP contribution in [0.3, 0.4) is 0 Å². The number of hydrogen-bond donors (Lipinski definition) is 1. The third-order valence-electron chi connectivity index (χ3n) is 6.46. The van der Waals surface area contributed by atoms with E-state index < -0.39 is 0 Å². The van der Waals surface area contributed by atoms with E-state index in [4.69, 9.17) is 0 Å². The van der Waals surface area contributed by atoms with E-state index in [1.54, 1.807) is 33.3 Å². The van der Waals surface area contributed by atoms with E-state index in [2.05, 4.69) is 19.2 Å². The molecule has 0 fully saturated rings. The van der Waals surface area contributed by atoms with Crippen molar-refractivity contribution < 1.29 is 14.0 Å². The lowest BCUT2D eigenvalue weighted by molar-refractivity contribution is -0.133. The average Bonchev–Trinajstić information content (AvgIpc) is 3.27. The SMILES string of the molecule is CCC(C)N(CC(=O)N(Cc1ccc(F)cc1)Cc1sccc1C)C(=O)Nc1ccc(C(C)C)cc1. The van der Waals surface area contributed by atoms with Crippen molar-refractivity contribution in [2.75, 3.05) is 11.9 Å². The highest BCUT2D eigenvalue weighted by atomic mass is 32.1. The summed E-state index contributed by atoms with van der Waals surface area (Å²) in [5, 5.41) is 4.96. The molecule has 1 aromatic heterocycles. The molecule has 0 aliphatic carbocycles. The number of thiophene rings is 1. The molecule has 3 rings (SSSR count). The number of nitrogens with one attached hydrogen (secondary N) is 1. The second kappa shape index (κ2) is 12.7. The Hall–Kier alpha value is -3.19. The molecule has 0 spiro atoms. The maximum atomic E-state index is 13.6. The number of rotatable bonds is 10. The van der Waals surface area contributed by atoms with Crippen molar-refractivity contribution in [3.8, 4) is 0 Å². The molecule has 36 heavy (non-hydrogen) atoms. The molecular formula is C29H36FN3O2S. The first-order valence-electron chi connectivity index (χ1n) is 12.4. The molecule has 0 aliphatic heterocycles. The van der Waals surface area contributed by atoms with Gasteiger partial charge in [0.05, 0.1) is 6.54 Å². The van der Waals surface area contributed by atoms with Crippen LogP contribution >= 0.6 is 11.3 Å². The van der Waals surface area contributed by atoms with Gasteiger partial charge in [-0.05, 0) is 78.6 Å². The summed E-state index contributed by atoms with van der Waals surface area (Å²) >= 11 is 1.60. The van der Waals surface area contributed by atoms with Crippen LogP contribution in [0.25, 0.3) is 0 Å². The van der Waals surface area contributed by atoms with E-state index in [9.17, 15) is 14.0 Å². The number of amides is 3. The van der Waals surface area contributed by atoms with Crippen LogP contribution in [0.1, 0.15) is 61.6 Å². The van der Waals surface area contributed by atoms with Gasteiger partial charge in [-0.25, -0.2) is 9.18 Å². The zero-order valence-electron chi connectivity index (χ0n) is 21.8. The van der Waals surface area contributed by atoms with Crippen molar-refractivity contribution in [3.63, 3.8) is 0 Å². The van der Waals surface area contributed by atoms with Crippen LogP contribution in [0.15, 0.2) is 60.0 Å². The molecule has 7 heteroatoms. The first kappa shape index (κ1) is 27.4. The largest absolute Gasteiger partial charge is 0.332 e. The summed E-state index contributed by atoms with van der Waals surface area (Å²) in [6.45, 7) is 10.9. The van der Waals surface area contributed by atoms with Crippen LogP contribution in [0.4, 0.5) is 14.9 Å². The van der Waals surface area contributed by atoms with Gasteiger partial charge < -0.3 is 15.1 Å². The molecule has 0 aliphatic rings. The van der Waals surface area contributed by atoms with Crippen molar-refractivity contribution >= 4 is 29.0 Å². The van der Waals surface area contributed by atoms with Gasteiger partial charge in [0.1, 0.15) is 12.4 Å². The minimum atomic E-state index is -0.313. The molecular weight excluding hydrogens is 473 g/mol. The van der Waals surface area contributed by atoms with Crippen LogP contribution in [0, 0.1) is 12.7 Å². The van der Waals surface area contributed by atoms with E-state index in [0.717, 1.165) is 22.4 Å². The van der Waals surface area contributed by atoms with Gasteiger partial charge in [0.15, 0.2) is 0 Å². The average molecular weight is 510 g/mol. The molecule has 0 saturated carbocycles. The van der Waals surface area contributed by atoms with Crippen molar-refractivity contribution in [1.29, 1.82) is 0 Å². The fraction of sp³-hybridized carbons (Fsp3) is 0.379. The van der Waals surface area contributed by atoms with Gasteiger partial charge in [0.2, 0.25) is 5.91 Å². The summed E-state index contributed by atoms with van der Waals surface area (Å²) in [6.07, 6.45) is 0.717. The van der Waals surface area contributed by atoms with Crippen LogP contribution < -0.4 is 5.32 Å². The number of carbonyl (C=O) groups is 2. The number of nitrogens with zero attached hydrogens (tertiary/aromatic N) is 2. The first-order chi connectivity index (χ1) is 17.2.